The summed E-state index contributed by atoms with van der Waals surface area (Å²) in [6, 6.07) is 8.21. The molecule has 2 N–H and O–H groups in total. The van der Waals surface area contributed by atoms with Crippen molar-refractivity contribution in [3.05, 3.63) is 41.1 Å². The van der Waals surface area contributed by atoms with E-state index in [0.29, 0.717) is 6.54 Å². The minimum Gasteiger partial charge on any atom is -0.481 e. The number of nitrogens with zero attached hydrogens (tertiary/aromatic N) is 2. The average Bonchev–Trinajstić information content (AvgIpc) is 2.83. The normalized spacial score (nSPS) is 10.8. The van der Waals surface area contributed by atoms with Gasteiger partial charge in [0.25, 0.3) is 0 Å². The molecule has 0 atom stereocenters. The molecule has 0 bridgehead atoms. The number of nitrogens with two attached hydrogens (primary N) is 1. The summed E-state index contributed by atoms with van der Waals surface area (Å²) in [5, 5.41) is 4.73. The monoisotopic (exact) mass is 273 g/mol. The molecular weight excluding hydrogens is 250 g/mol. The zero-order chi connectivity index (χ0) is 14.5. The van der Waals surface area contributed by atoms with Crippen molar-refractivity contribution in [3.63, 3.8) is 0 Å². The van der Waals surface area contributed by atoms with Gasteiger partial charge in [0, 0.05) is 5.56 Å². The molecule has 4 nitrogen and oxygen atoms in total. The van der Waals surface area contributed by atoms with E-state index in [1.807, 2.05) is 16.8 Å². The van der Waals surface area contributed by atoms with Gasteiger partial charge in [-0.1, -0.05) is 25.1 Å². The molecule has 108 valence electrons. The molecule has 0 aliphatic rings. The van der Waals surface area contributed by atoms with Crippen molar-refractivity contribution in [2.45, 2.75) is 33.1 Å². The Bertz CT molecular complexity index is 575. The molecule has 0 amide bonds. The lowest BCUT2D eigenvalue weighted by molar-refractivity contribution is 0.378. The summed E-state index contributed by atoms with van der Waals surface area (Å²) in [4.78, 5) is 0. The molecule has 1 aromatic carbocycles. The highest BCUT2D eigenvalue weighted by Gasteiger charge is 2.18. The minimum absolute atomic E-state index is 0.682. The van der Waals surface area contributed by atoms with Gasteiger partial charge in [-0.2, -0.15) is 5.10 Å². The largest absolute Gasteiger partial charge is 0.481 e. The van der Waals surface area contributed by atoms with Crippen LogP contribution in [0.2, 0.25) is 0 Å². The Hall–Kier alpha value is -1.81. The molecule has 1 aromatic heterocycles. The standard InChI is InChI=1S/C16H23N3O/c1-4-14-13(9-7-11-17)16(20-3)19(18-14)15-10-6-5-8-12(15)2/h5-6,8,10H,4,7,9,11,17H2,1-3H3. The molecule has 0 saturated heterocycles. The Morgan fingerprint density at radius 1 is 1.30 bits per heavy atom. The molecular formula is C16H23N3O. The van der Waals surface area contributed by atoms with Crippen LogP contribution in [0.25, 0.3) is 5.69 Å². The van der Waals surface area contributed by atoms with E-state index in [9.17, 15) is 0 Å². The second-order valence-corrected chi connectivity index (χ2v) is 4.88. The van der Waals surface area contributed by atoms with Crippen LogP contribution in [-0.4, -0.2) is 23.4 Å². The smallest absolute Gasteiger partial charge is 0.219 e. The van der Waals surface area contributed by atoms with Gasteiger partial charge >= 0.3 is 0 Å². The van der Waals surface area contributed by atoms with Gasteiger partial charge in [-0.3, -0.25) is 0 Å². The van der Waals surface area contributed by atoms with E-state index in [4.69, 9.17) is 15.6 Å². The summed E-state index contributed by atoms with van der Waals surface area (Å²) in [6.45, 7) is 4.89. The number of hydrogen-bond donors (Lipinski definition) is 1. The van der Waals surface area contributed by atoms with E-state index in [0.717, 1.165) is 36.5 Å². The van der Waals surface area contributed by atoms with E-state index >= 15 is 0 Å². The first-order valence-corrected chi connectivity index (χ1v) is 7.13. The van der Waals surface area contributed by atoms with E-state index in [1.54, 1.807) is 7.11 Å². The van der Waals surface area contributed by atoms with Gasteiger partial charge in [0.2, 0.25) is 5.88 Å². The fraction of sp³-hybridized carbons (Fsp3) is 0.438. The number of benzene rings is 1. The third-order valence-electron chi connectivity index (χ3n) is 3.52. The molecule has 4 heteroatoms. The first-order valence-electron chi connectivity index (χ1n) is 7.13. The van der Waals surface area contributed by atoms with Crippen molar-refractivity contribution in [3.8, 4) is 11.6 Å². The summed E-state index contributed by atoms with van der Waals surface area (Å²) in [6.07, 6.45) is 2.76. The second kappa shape index (κ2) is 6.57. The minimum atomic E-state index is 0.682. The van der Waals surface area contributed by atoms with E-state index in [2.05, 4.69) is 26.0 Å². The van der Waals surface area contributed by atoms with Crippen LogP contribution in [0.5, 0.6) is 5.88 Å². The quantitative estimate of drug-likeness (QED) is 0.880. The highest BCUT2D eigenvalue weighted by molar-refractivity contribution is 5.45. The van der Waals surface area contributed by atoms with E-state index < -0.39 is 0 Å². The third-order valence-corrected chi connectivity index (χ3v) is 3.52. The molecule has 2 aromatic rings. The summed E-state index contributed by atoms with van der Waals surface area (Å²) in [7, 11) is 1.71. The van der Waals surface area contributed by atoms with E-state index in [-0.39, 0.29) is 0 Å². The number of hydrogen-bond acceptors (Lipinski definition) is 3. The Morgan fingerprint density at radius 2 is 2.05 bits per heavy atom. The molecule has 0 fully saturated rings. The molecule has 0 unspecified atom stereocenters. The SMILES string of the molecule is CCc1nn(-c2ccccc2C)c(OC)c1CCCN. The Balaban J connectivity index is 2.53. The topological polar surface area (TPSA) is 53.1 Å². The number of aromatic nitrogens is 2. The van der Waals surface area contributed by atoms with Crippen LogP contribution in [0.1, 0.15) is 30.2 Å². The molecule has 0 aliphatic carbocycles. The van der Waals surface area contributed by atoms with Gasteiger partial charge < -0.3 is 10.5 Å². The first-order chi connectivity index (χ1) is 9.72. The molecule has 0 spiro atoms. The lowest BCUT2D eigenvalue weighted by Gasteiger charge is -2.10. The average molecular weight is 273 g/mol. The zero-order valence-electron chi connectivity index (χ0n) is 12.5. The van der Waals surface area contributed by atoms with Gasteiger partial charge in [-0.15, -0.1) is 0 Å². The number of aryl methyl sites for hydroxylation is 2. The van der Waals surface area contributed by atoms with Crippen LogP contribution < -0.4 is 10.5 Å². The van der Waals surface area contributed by atoms with Crippen LogP contribution in [-0.2, 0) is 12.8 Å². The molecule has 2 rings (SSSR count). The third kappa shape index (κ3) is 2.70. The summed E-state index contributed by atoms with van der Waals surface area (Å²) in [5.41, 5.74) is 10.2. The summed E-state index contributed by atoms with van der Waals surface area (Å²) in [5.74, 6) is 0.838. The van der Waals surface area contributed by atoms with Crippen molar-refractivity contribution in [1.82, 2.24) is 9.78 Å². The summed E-state index contributed by atoms with van der Waals surface area (Å²) < 4.78 is 7.54. The van der Waals surface area contributed by atoms with Crippen LogP contribution >= 0.6 is 0 Å². The molecule has 0 radical (unpaired) electrons. The van der Waals surface area contributed by atoms with Crippen molar-refractivity contribution in [2.24, 2.45) is 5.73 Å². The molecule has 1 heterocycles. The lowest BCUT2D eigenvalue weighted by atomic mass is 10.1. The van der Waals surface area contributed by atoms with Crippen molar-refractivity contribution >= 4 is 0 Å². The first kappa shape index (κ1) is 14.6. The highest BCUT2D eigenvalue weighted by atomic mass is 16.5. The Kier molecular flexibility index (Phi) is 4.79. The van der Waals surface area contributed by atoms with Gasteiger partial charge in [-0.25, -0.2) is 4.68 Å². The number of ether oxygens (including phenoxy) is 1. The summed E-state index contributed by atoms with van der Waals surface area (Å²) >= 11 is 0. The van der Waals surface area contributed by atoms with Crippen molar-refractivity contribution in [2.75, 3.05) is 13.7 Å². The predicted octanol–water partition coefficient (Wildman–Crippen LogP) is 2.64. The number of rotatable bonds is 6. The van der Waals surface area contributed by atoms with Crippen molar-refractivity contribution in [1.29, 1.82) is 0 Å². The number of para-hydroxylation sites is 1. The molecule has 20 heavy (non-hydrogen) atoms. The van der Waals surface area contributed by atoms with Crippen molar-refractivity contribution < 1.29 is 4.74 Å². The number of methoxy groups -OCH3 is 1. The van der Waals surface area contributed by atoms with Gasteiger partial charge in [0.05, 0.1) is 18.5 Å². The Morgan fingerprint density at radius 3 is 2.65 bits per heavy atom. The van der Waals surface area contributed by atoms with Crippen LogP contribution in [0.15, 0.2) is 24.3 Å². The lowest BCUT2D eigenvalue weighted by Crippen LogP contribution is -2.04. The van der Waals surface area contributed by atoms with Crippen LogP contribution in [0, 0.1) is 6.92 Å². The zero-order valence-corrected chi connectivity index (χ0v) is 12.5. The van der Waals surface area contributed by atoms with E-state index in [1.165, 1.54) is 11.1 Å². The van der Waals surface area contributed by atoms with Crippen LogP contribution in [0.4, 0.5) is 0 Å². The Labute approximate surface area is 120 Å². The molecule has 0 saturated carbocycles. The maximum absolute atomic E-state index is 5.63. The van der Waals surface area contributed by atoms with Gasteiger partial charge in [-0.05, 0) is 44.4 Å². The van der Waals surface area contributed by atoms with Crippen LogP contribution in [0.3, 0.4) is 0 Å². The maximum Gasteiger partial charge on any atom is 0.219 e. The second-order valence-electron chi connectivity index (χ2n) is 4.88. The molecule has 0 aliphatic heterocycles. The fourth-order valence-corrected chi connectivity index (χ4v) is 2.47. The maximum atomic E-state index is 5.63. The predicted molar refractivity (Wildman–Crippen MR) is 81.6 cm³/mol. The van der Waals surface area contributed by atoms with Gasteiger partial charge in [0.15, 0.2) is 0 Å². The highest BCUT2D eigenvalue weighted by Crippen LogP contribution is 2.28. The fourth-order valence-electron chi connectivity index (χ4n) is 2.47. The van der Waals surface area contributed by atoms with Gasteiger partial charge in [0.1, 0.15) is 0 Å².